The van der Waals surface area contributed by atoms with E-state index < -0.39 is 0 Å². The summed E-state index contributed by atoms with van der Waals surface area (Å²) in [6.45, 7) is 1.64. The fourth-order valence-corrected chi connectivity index (χ4v) is 2.41. The molecule has 1 fully saturated rings. The quantitative estimate of drug-likeness (QED) is 0.769. The van der Waals surface area contributed by atoms with Crippen molar-refractivity contribution in [3.63, 3.8) is 0 Å². The third-order valence-corrected chi connectivity index (χ3v) is 3.19. The summed E-state index contributed by atoms with van der Waals surface area (Å²) < 4.78 is 6.36. The number of nitrogens with zero attached hydrogens (tertiary/aromatic N) is 1. The summed E-state index contributed by atoms with van der Waals surface area (Å²) in [6.07, 6.45) is 1.07. The second-order valence-electron chi connectivity index (χ2n) is 3.41. The van der Waals surface area contributed by atoms with Crippen molar-refractivity contribution in [2.75, 3.05) is 13.2 Å². The summed E-state index contributed by atoms with van der Waals surface area (Å²) in [4.78, 5) is 0. The zero-order chi connectivity index (χ0) is 9.97. The van der Waals surface area contributed by atoms with Crippen LogP contribution in [-0.4, -0.2) is 13.2 Å². The summed E-state index contributed by atoms with van der Waals surface area (Å²) in [5.74, 6) is 0.483. The van der Waals surface area contributed by atoms with Gasteiger partial charge in [0.15, 0.2) is 0 Å². The normalized spacial score (nSPS) is 20.7. The lowest BCUT2D eigenvalue weighted by atomic mass is 9.98. The standard InChI is InChI=1S/C11H10BrNO/c12-11-5-8(6-13)1-2-10(11)9-3-4-14-7-9/h1-2,5,9H,3-4,7H2. The average Bonchev–Trinajstić information content (AvgIpc) is 2.70. The SMILES string of the molecule is N#Cc1ccc(C2CCOC2)c(Br)c1. The molecule has 1 aromatic carbocycles. The first-order valence-corrected chi connectivity index (χ1v) is 5.38. The molecule has 1 saturated heterocycles. The lowest BCUT2D eigenvalue weighted by Crippen LogP contribution is -1.98. The van der Waals surface area contributed by atoms with E-state index in [1.54, 1.807) is 0 Å². The summed E-state index contributed by atoms with van der Waals surface area (Å²) in [7, 11) is 0. The fourth-order valence-electron chi connectivity index (χ4n) is 1.71. The van der Waals surface area contributed by atoms with Gasteiger partial charge in [-0.25, -0.2) is 0 Å². The van der Waals surface area contributed by atoms with E-state index in [1.807, 2.05) is 18.2 Å². The molecule has 2 nitrogen and oxygen atoms in total. The van der Waals surface area contributed by atoms with Gasteiger partial charge in [-0.05, 0) is 24.1 Å². The molecule has 1 unspecified atom stereocenters. The van der Waals surface area contributed by atoms with E-state index in [0.29, 0.717) is 11.5 Å². The Bertz CT molecular complexity index is 377. The van der Waals surface area contributed by atoms with Gasteiger partial charge >= 0.3 is 0 Å². The van der Waals surface area contributed by atoms with Crippen molar-refractivity contribution in [3.8, 4) is 6.07 Å². The van der Waals surface area contributed by atoms with E-state index in [4.69, 9.17) is 10.00 Å². The lowest BCUT2D eigenvalue weighted by Gasteiger charge is -2.10. The highest BCUT2D eigenvalue weighted by Gasteiger charge is 2.19. The zero-order valence-electron chi connectivity index (χ0n) is 7.66. The van der Waals surface area contributed by atoms with Gasteiger partial charge < -0.3 is 4.74 Å². The van der Waals surface area contributed by atoms with Crippen molar-refractivity contribution in [1.82, 2.24) is 0 Å². The maximum absolute atomic E-state index is 8.72. The molecule has 0 aromatic heterocycles. The highest BCUT2D eigenvalue weighted by molar-refractivity contribution is 9.10. The first-order chi connectivity index (χ1) is 6.81. The Balaban J connectivity index is 2.30. The topological polar surface area (TPSA) is 33.0 Å². The van der Waals surface area contributed by atoms with Crippen LogP contribution in [0.5, 0.6) is 0 Å². The molecule has 1 aliphatic heterocycles. The average molecular weight is 252 g/mol. The molecule has 0 bridgehead atoms. The fraction of sp³-hybridized carbons (Fsp3) is 0.364. The van der Waals surface area contributed by atoms with Crippen LogP contribution in [0.1, 0.15) is 23.5 Å². The molecule has 14 heavy (non-hydrogen) atoms. The Labute approximate surface area is 91.6 Å². The monoisotopic (exact) mass is 251 g/mol. The molecule has 0 amide bonds. The van der Waals surface area contributed by atoms with Crippen molar-refractivity contribution >= 4 is 15.9 Å². The van der Waals surface area contributed by atoms with Gasteiger partial charge in [-0.15, -0.1) is 0 Å². The predicted molar refractivity (Wildman–Crippen MR) is 57.0 cm³/mol. The second kappa shape index (κ2) is 4.12. The molecule has 1 aliphatic rings. The van der Waals surface area contributed by atoms with Gasteiger partial charge in [0.25, 0.3) is 0 Å². The van der Waals surface area contributed by atoms with Crippen LogP contribution in [0.15, 0.2) is 22.7 Å². The third kappa shape index (κ3) is 1.82. The van der Waals surface area contributed by atoms with Gasteiger partial charge in [-0.2, -0.15) is 5.26 Å². The van der Waals surface area contributed by atoms with Crippen molar-refractivity contribution < 1.29 is 4.74 Å². The molecule has 0 N–H and O–H groups in total. The minimum Gasteiger partial charge on any atom is -0.381 e. The number of hydrogen-bond acceptors (Lipinski definition) is 2. The molecule has 1 atom stereocenters. The van der Waals surface area contributed by atoms with E-state index in [9.17, 15) is 0 Å². The third-order valence-electron chi connectivity index (χ3n) is 2.50. The van der Waals surface area contributed by atoms with Crippen LogP contribution in [0, 0.1) is 11.3 Å². The Kier molecular flexibility index (Phi) is 2.85. The highest BCUT2D eigenvalue weighted by Crippen LogP contribution is 2.31. The van der Waals surface area contributed by atoms with Gasteiger partial charge in [0.2, 0.25) is 0 Å². The Morgan fingerprint density at radius 1 is 1.50 bits per heavy atom. The first kappa shape index (κ1) is 9.70. The van der Waals surface area contributed by atoms with Crippen molar-refractivity contribution in [2.45, 2.75) is 12.3 Å². The maximum atomic E-state index is 8.72. The van der Waals surface area contributed by atoms with Gasteiger partial charge in [0, 0.05) is 17.0 Å². The van der Waals surface area contributed by atoms with Crippen LogP contribution in [0.4, 0.5) is 0 Å². The minimum atomic E-state index is 0.483. The maximum Gasteiger partial charge on any atom is 0.0992 e. The Hall–Kier alpha value is -0.850. The van der Waals surface area contributed by atoms with E-state index in [2.05, 4.69) is 22.0 Å². The van der Waals surface area contributed by atoms with Crippen LogP contribution >= 0.6 is 15.9 Å². The van der Waals surface area contributed by atoms with E-state index in [-0.39, 0.29) is 0 Å². The van der Waals surface area contributed by atoms with Crippen molar-refractivity contribution in [3.05, 3.63) is 33.8 Å². The predicted octanol–water partition coefficient (Wildman–Crippen LogP) is 2.82. The Morgan fingerprint density at radius 2 is 2.36 bits per heavy atom. The number of rotatable bonds is 1. The zero-order valence-corrected chi connectivity index (χ0v) is 9.25. The number of halogens is 1. The molecule has 0 saturated carbocycles. The van der Waals surface area contributed by atoms with Crippen LogP contribution in [0.2, 0.25) is 0 Å². The van der Waals surface area contributed by atoms with Crippen molar-refractivity contribution in [1.29, 1.82) is 5.26 Å². The van der Waals surface area contributed by atoms with E-state index >= 15 is 0 Å². The number of benzene rings is 1. The summed E-state index contributed by atoms with van der Waals surface area (Å²) in [5, 5.41) is 8.72. The Morgan fingerprint density at radius 3 is 2.93 bits per heavy atom. The van der Waals surface area contributed by atoms with Crippen LogP contribution in [0.25, 0.3) is 0 Å². The molecule has 0 aliphatic carbocycles. The van der Waals surface area contributed by atoms with E-state index in [1.165, 1.54) is 5.56 Å². The summed E-state index contributed by atoms with van der Waals surface area (Å²) >= 11 is 3.49. The molecule has 0 radical (unpaired) electrons. The van der Waals surface area contributed by atoms with E-state index in [0.717, 1.165) is 24.1 Å². The summed E-state index contributed by atoms with van der Waals surface area (Å²) in [6, 6.07) is 7.87. The number of hydrogen-bond donors (Lipinski definition) is 0. The van der Waals surface area contributed by atoms with Crippen molar-refractivity contribution in [2.24, 2.45) is 0 Å². The molecular formula is C11H10BrNO. The smallest absolute Gasteiger partial charge is 0.0992 e. The van der Waals surface area contributed by atoms with Crippen LogP contribution in [-0.2, 0) is 4.74 Å². The van der Waals surface area contributed by atoms with Crippen LogP contribution < -0.4 is 0 Å². The largest absolute Gasteiger partial charge is 0.381 e. The molecule has 0 spiro atoms. The van der Waals surface area contributed by atoms with Gasteiger partial charge in [-0.3, -0.25) is 0 Å². The molecule has 3 heteroatoms. The minimum absolute atomic E-state index is 0.483. The first-order valence-electron chi connectivity index (χ1n) is 4.58. The summed E-state index contributed by atoms with van der Waals surface area (Å²) in [5.41, 5.74) is 1.95. The molecule has 1 aromatic rings. The molecule has 2 rings (SSSR count). The second-order valence-corrected chi connectivity index (χ2v) is 4.26. The molecular weight excluding hydrogens is 242 g/mol. The van der Waals surface area contributed by atoms with Gasteiger partial charge in [0.1, 0.15) is 0 Å². The van der Waals surface area contributed by atoms with Crippen LogP contribution in [0.3, 0.4) is 0 Å². The molecule has 72 valence electrons. The number of ether oxygens (including phenoxy) is 1. The lowest BCUT2D eigenvalue weighted by molar-refractivity contribution is 0.194. The van der Waals surface area contributed by atoms with Gasteiger partial charge in [-0.1, -0.05) is 22.0 Å². The molecule has 1 heterocycles. The van der Waals surface area contributed by atoms with Gasteiger partial charge in [0.05, 0.1) is 18.2 Å². The number of nitriles is 1. The highest BCUT2D eigenvalue weighted by atomic mass is 79.9.